The minimum Gasteiger partial charge on any atom is -0.396 e. The Morgan fingerprint density at radius 1 is 1.57 bits per heavy atom. The fourth-order valence-electron chi connectivity index (χ4n) is 0.869. The molecule has 0 fully saturated rings. The van der Waals surface area contributed by atoms with Gasteiger partial charge in [0.15, 0.2) is 11.4 Å². The van der Waals surface area contributed by atoms with E-state index in [0.717, 1.165) is 0 Å². The molecular weight excluding hydrogens is 200 g/mol. The van der Waals surface area contributed by atoms with Crippen molar-refractivity contribution in [2.24, 2.45) is 0 Å². The van der Waals surface area contributed by atoms with Crippen LogP contribution in [-0.4, -0.2) is 33.2 Å². The zero-order chi connectivity index (χ0) is 10.4. The number of carbonyl (C=O) groups is 1. The monoisotopic (exact) mass is 212 g/mol. The zero-order valence-corrected chi connectivity index (χ0v) is 8.70. The van der Waals surface area contributed by atoms with Crippen molar-refractivity contribution in [1.82, 2.24) is 9.97 Å². The summed E-state index contributed by atoms with van der Waals surface area (Å²) in [5, 5.41) is 9.61. The third-order valence-corrected chi connectivity index (χ3v) is 2.69. The quantitative estimate of drug-likeness (QED) is 0.450. The van der Waals surface area contributed by atoms with Gasteiger partial charge in [0, 0.05) is 24.3 Å². The van der Waals surface area contributed by atoms with E-state index >= 15 is 0 Å². The van der Waals surface area contributed by atoms with Gasteiger partial charge in [0.1, 0.15) is 0 Å². The Labute approximate surface area is 86.8 Å². The Kier molecular flexibility index (Phi) is 4.55. The first-order valence-corrected chi connectivity index (χ1v) is 5.19. The normalized spacial score (nSPS) is 12.4. The molecule has 0 aromatic carbocycles. The van der Waals surface area contributed by atoms with Gasteiger partial charge in [-0.05, 0) is 6.42 Å². The Hall–Kier alpha value is -0.940. The molecule has 0 saturated heterocycles. The molecule has 1 unspecified atom stereocenters. The van der Waals surface area contributed by atoms with Crippen LogP contribution in [0.3, 0.4) is 0 Å². The van der Waals surface area contributed by atoms with Gasteiger partial charge >= 0.3 is 0 Å². The highest BCUT2D eigenvalue weighted by atomic mass is 32.2. The second kappa shape index (κ2) is 5.72. The molecule has 0 spiro atoms. The molecule has 0 amide bonds. The highest BCUT2D eigenvalue weighted by molar-refractivity contribution is 7.99. The molecule has 1 aromatic heterocycles. The van der Waals surface area contributed by atoms with Crippen molar-refractivity contribution in [2.75, 3.05) is 6.61 Å². The molecule has 1 rings (SSSR count). The van der Waals surface area contributed by atoms with Gasteiger partial charge in [-0.15, -0.1) is 0 Å². The van der Waals surface area contributed by atoms with Crippen LogP contribution in [0.15, 0.2) is 17.6 Å². The van der Waals surface area contributed by atoms with Gasteiger partial charge in [-0.1, -0.05) is 18.7 Å². The SMILES string of the molecule is CC(CCO)Sc1ncc(C=O)cn1. The molecule has 1 heterocycles. The van der Waals surface area contributed by atoms with Crippen molar-refractivity contribution in [3.05, 3.63) is 18.0 Å². The number of hydrogen-bond acceptors (Lipinski definition) is 5. The second-order valence-electron chi connectivity index (χ2n) is 2.86. The van der Waals surface area contributed by atoms with Gasteiger partial charge in [-0.3, -0.25) is 4.79 Å². The van der Waals surface area contributed by atoms with E-state index in [1.165, 1.54) is 24.2 Å². The summed E-state index contributed by atoms with van der Waals surface area (Å²) in [6.07, 6.45) is 4.41. The molecule has 0 aliphatic rings. The third-order valence-electron chi connectivity index (χ3n) is 1.63. The van der Waals surface area contributed by atoms with E-state index in [9.17, 15) is 4.79 Å². The number of aliphatic hydroxyl groups excluding tert-OH is 1. The smallest absolute Gasteiger partial charge is 0.187 e. The van der Waals surface area contributed by atoms with Crippen LogP contribution in [0.4, 0.5) is 0 Å². The van der Waals surface area contributed by atoms with Crippen LogP contribution in [0.1, 0.15) is 23.7 Å². The first-order chi connectivity index (χ1) is 6.76. The Morgan fingerprint density at radius 2 is 2.21 bits per heavy atom. The molecule has 1 aromatic rings. The standard InChI is InChI=1S/C9H12N2O2S/c1-7(2-3-12)14-9-10-4-8(6-13)5-11-9/h4-7,12H,2-3H2,1H3. The van der Waals surface area contributed by atoms with E-state index in [0.29, 0.717) is 23.4 Å². The van der Waals surface area contributed by atoms with Gasteiger partial charge in [0.05, 0.1) is 5.56 Å². The predicted octanol–water partition coefficient (Wildman–Crippen LogP) is 1.15. The number of carbonyl (C=O) groups excluding carboxylic acids is 1. The fourth-order valence-corrected chi connectivity index (χ4v) is 1.68. The maximum atomic E-state index is 10.3. The Balaban J connectivity index is 2.55. The van der Waals surface area contributed by atoms with Crippen LogP contribution < -0.4 is 0 Å². The van der Waals surface area contributed by atoms with Gasteiger partial charge in [0.25, 0.3) is 0 Å². The number of aliphatic hydroxyl groups is 1. The molecule has 76 valence electrons. The van der Waals surface area contributed by atoms with E-state index in [-0.39, 0.29) is 11.9 Å². The van der Waals surface area contributed by atoms with Crippen molar-refractivity contribution >= 4 is 18.0 Å². The molecule has 0 aliphatic heterocycles. The van der Waals surface area contributed by atoms with Crippen molar-refractivity contribution in [3.8, 4) is 0 Å². The van der Waals surface area contributed by atoms with Crippen LogP contribution in [0.5, 0.6) is 0 Å². The lowest BCUT2D eigenvalue weighted by molar-refractivity contribution is 0.112. The number of rotatable bonds is 5. The van der Waals surface area contributed by atoms with Crippen LogP contribution in [0.2, 0.25) is 0 Å². The van der Waals surface area contributed by atoms with Crippen LogP contribution >= 0.6 is 11.8 Å². The maximum Gasteiger partial charge on any atom is 0.187 e. The fraction of sp³-hybridized carbons (Fsp3) is 0.444. The van der Waals surface area contributed by atoms with Gasteiger partial charge < -0.3 is 5.11 Å². The number of hydrogen-bond donors (Lipinski definition) is 1. The summed E-state index contributed by atoms with van der Waals surface area (Å²) in [6, 6.07) is 0. The van der Waals surface area contributed by atoms with E-state index in [1.807, 2.05) is 6.92 Å². The van der Waals surface area contributed by atoms with E-state index in [2.05, 4.69) is 9.97 Å². The summed E-state index contributed by atoms with van der Waals surface area (Å²) >= 11 is 1.49. The number of thioether (sulfide) groups is 1. The molecule has 1 atom stereocenters. The molecule has 4 nitrogen and oxygen atoms in total. The summed E-state index contributed by atoms with van der Waals surface area (Å²) in [5.41, 5.74) is 0.476. The van der Waals surface area contributed by atoms with Crippen molar-refractivity contribution in [3.63, 3.8) is 0 Å². The first-order valence-electron chi connectivity index (χ1n) is 4.31. The average Bonchev–Trinajstić information content (AvgIpc) is 2.19. The van der Waals surface area contributed by atoms with Crippen LogP contribution in [0.25, 0.3) is 0 Å². The van der Waals surface area contributed by atoms with Crippen LogP contribution in [0, 0.1) is 0 Å². The van der Waals surface area contributed by atoms with Crippen molar-refractivity contribution < 1.29 is 9.90 Å². The van der Waals surface area contributed by atoms with E-state index in [4.69, 9.17) is 5.11 Å². The maximum absolute atomic E-state index is 10.3. The second-order valence-corrected chi connectivity index (χ2v) is 4.26. The minimum absolute atomic E-state index is 0.167. The van der Waals surface area contributed by atoms with Crippen molar-refractivity contribution in [1.29, 1.82) is 0 Å². The highest BCUT2D eigenvalue weighted by Gasteiger charge is 2.05. The number of aromatic nitrogens is 2. The lowest BCUT2D eigenvalue weighted by atomic mass is 10.3. The molecule has 0 radical (unpaired) electrons. The molecule has 0 saturated carbocycles. The topological polar surface area (TPSA) is 63.1 Å². The third kappa shape index (κ3) is 3.43. The molecular formula is C9H12N2O2S. The zero-order valence-electron chi connectivity index (χ0n) is 7.88. The summed E-state index contributed by atoms with van der Waals surface area (Å²) in [4.78, 5) is 18.3. The average molecular weight is 212 g/mol. The van der Waals surface area contributed by atoms with Gasteiger partial charge in [-0.25, -0.2) is 9.97 Å². The highest BCUT2D eigenvalue weighted by Crippen LogP contribution is 2.20. The minimum atomic E-state index is 0.167. The molecule has 0 bridgehead atoms. The number of aldehydes is 1. The molecule has 14 heavy (non-hydrogen) atoms. The van der Waals surface area contributed by atoms with Crippen LogP contribution in [-0.2, 0) is 0 Å². The van der Waals surface area contributed by atoms with Gasteiger partial charge in [0.2, 0.25) is 0 Å². The lowest BCUT2D eigenvalue weighted by Crippen LogP contribution is -2.01. The summed E-state index contributed by atoms with van der Waals surface area (Å²) in [6.45, 7) is 2.17. The van der Waals surface area contributed by atoms with Gasteiger partial charge in [-0.2, -0.15) is 0 Å². The predicted molar refractivity (Wildman–Crippen MR) is 54.4 cm³/mol. The molecule has 1 N–H and O–H groups in total. The Morgan fingerprint density at radius 3 is 2.71 bits per heavy atom. The molecule has 5 heteroatoms. The Bertz CT molecular complexity index is 289. The van der Waals surface area contributed by atoms with E-state index in [1.54, 1.807) is 0 Å². The summed E-state index contributed by atoms with van der Waals surface area (Å²) < 4.78 is 0. The first kappa shape index (κ1) is 11.1. The lowest BCUT2D eigenvalue weighted by Gasteiger charge is -2.06. The van der Waals surface area contributed by atoms with Crippen molar-refractivity contribution in [2.45, 2.75) is 23.8 Å². The van der Waals surface area contributed by atoms with E-state index < -0.39 is 0 Å². The largest absolute Gasteiger partial charge is 0.396 e. The molecule has 0 aliphatic carbocycles. The summed E-state index contributed by atoms with van der Waals surface area (Å²) in [7, 11) is 0. The number of nitrogens with zero attached hydrogens (tertiary/aromatic N) is 2. The summed E-state index contributed by atoms with van der Waals surface area (Å²) in [5.74, 6) is 0.